The van der Waals surface area contributed by atoms with Crippen LogP contribution in [-0.4, -0.2) is 86.6 Å². The van der Waals surface area contributed by atoms with Gasteiger partial charge in [0, 0.05) is 39.3 Å². The van der Waals surface area contributed by atoms with Gasteiger partial charge in [-0.05, 0) is 45.3 Å². The number of nitrogens with one attached hydrogen (secondary N) is 1. The standard InChI is InChI=1S/C16H30N4O/c1-18(2)6-7-19-8-10-20(11-9-19)16(21)15-14-5-3-4-13(14)12-17-15/h13-15,17H,3-12H2,1-2H3. The molecule has 1 amide bonds. The van der Waals surface area contributed by atoms with Crippen LogP contribution in [0.3, 0.4) is 0 Å². The molecule has 2 saturated heterocycles. The Morgan fingerprint density at radius 2 is 1.95 bits per heavy atom. The van der Waals surface area contributed by atoms with E-state index in [1.165, 1.54) is 19.3 Å². The van der Waals surface area contributed by atoms with E-state index in [9.17, 15) is 4.79 Å². The van der Waals surface area contributed by atoms with Crippen molar-refractivity contribution in [3.05, 3.63) is 0 Å². The molecule has 2 heterocycles. The minimum absolute atomic E-state index is 0.117. The fraction of sp³-hybridized carbons (Fsp3) is 0.938. The molecule has 0 radical (unpaired) electrons. The summed E-state index contributed by atoms with van der Waals surface area (Å²) in [7, 11) is 4.23. The predicted octanol–water partition coefficient (Wildman–Crippen LogP) is 0.0803. The second-order valence-corrected chi connectivity index (χ2v) is 7.21. The van der Waals surface area contributed by atoms with E-state index >= 15 is 0 Å². The average Bonchev–Trinajstić information content (AvgIpc) is 3.07. The van der Waals surface area contributed by atoms with Crippen molar-refractivity contribution in [1.82, 2.24) is 20.0 Å². The van der Waals surface area contributed by atoms with E-state index in [0.29, 0.717) is 11.8 Å². The maximum absolute atomic E-state index is 12.8. The molecule has 1 aliphatic carbocycles. The van der Waals surface area contributed by atoms with Crippen molar-refractivity contribution >= 4 is 5.91 Å². The first kappa shape index (κ1) is 15.3. The molecule has 1 saturated carbocycles. The summed E-state index contributed by atoms with van der Waals surface area (Å²) in [6.45, 7) is 7.14. The molecule has 0 spiro atoms. The van der Waals surface area contributed by atoms with Crippen LogP contribution in [-0.2, 0) is 4.79 Å². The van der Waals surface area contributed by atoms with Gasteiger partial charge in [-0.15, -0.1) is 0 Å². The van der Waals surface area contributed by atoms with E-state index in [1.807, 2.05) is 0 Å². The molecule has 120 valence electrons. The van der Waals surface area contributed by atoms with Crippen LogP contribution in [0.15, 0.2) is 0 Å². The summed E-state index contributed by atoms with van der Waals surface area (Å²) < 4.78 is 0. The highest BCUT2D eigenvalue weighted by molar-refractivity contribution is 5.83. The van der Waals surface area contributed by atoms with Crippen molar-refractivity contribution < 1.29 is 4.79 Å². The van der Waals surface area contributed by atoms with Crippen LogP contribution < -0.4 is 5.32 Å². The summed E-state index contributed by atoms with van der Waals surface area (Å²) in [5.74, 6) is 1.75. The maximum atomic E-state index is 12.8. The predicted molar refractivity (Wildman–Crippen MR) is 84.2 cm³/mol. The summed E-state index contributed by atoms with van der Waals surface area (Å²) in [6.07, 6.45) is 3.88. The quantitative estimate of drug-likeness (QED) is 0.797. The lowest BCUT2D eigenvalue weighted by Crippen LogP contribution is -2.54. The monoisotopic (exact) mass is 294 g/mol. The van der Waals surface area contributed by atoms with Gasteiger partial charge in [0.25, 0.3) is 0 Å². The Kier molecular flexibility index (Phi) is 4.82. The fourth-order valence-electron chi connectivity index (χ4n) is 4.19. The smallest absolute Gasteiger partial charge is 0.240 e. The lowest BCUT2D eigenvalue weighted by Gasteiger charge is -2.37. The zero-order valence-corrected chi connectivity index (χ0v) is 13.6. The molecule has 5 heteroatoms. The number of hydrogen-bond donors (Lipinski definition) is 1. The van der Waals surface area contributed by atoms with Gasteiger partial charge in [-0.3, -0.25) is 9.69 Å². The second kappa shape index (κ2) is 6.63. The molecular formula is C16H30N4O. The summed E-state index contributed by atoms with van der Waals surface area (Å²) in [5.41, 5.74) is 0. The first-order valence-corrected chi connectivity index (χ1v) is 8.54. The van der Waals surface area contributed by atoms with Crippen LogP contribution >= 0.6 is 0 Å². The van der Waals surface area contributed by atoms with Crippen LogP contribution in [0.5, 0.6) is 0 Å². The van der Waals surface area contributed by atoms with Crippen LogP contribution in [0.25, 0.3) is 0 Å². The number of carbonyl (C=O) groups is 1. The zero-order chi connectivity index (χ0) is 14.8. The van der Waals surface area contributed by atoms with Crippen molar-refractivity contribution in [2.45, 2.75) is 25.3 Å². The Morgan fingerprint density at radius 1 is 1.19 bits per heavy atom. The summed E-state index contributed by atoms with van der Waals surface area (Å²) >= 11 is 0. The molecule has 3 rings (SSSR count). The van der Waals surface area contributed by atoms with Crippen molar-refractivity contribution in [1.29, 1.82) is 0 Å². The van der Waals surface area contributed by atoms with Gasteiger partial charge >= 0.3 is 0 Å². The zero-order valence-electron chi connectivity index (χ0n) is 13.6. The number of rotatable bonds is 4. The van der Waals surface area contributed by atoms with E-state index < -0.39 is 0 Å². The molecule has 3 fully saturated rings. The third-order valence-corrected chi connectivity index (χ3v) is 5.56. The third kappa shape index (κ3) is 3.41. The van der Waals surface area contributed by atoms with Gasteiger partial charge in [0.05, 0.1) is 6.04 Å². The van der Waals surface area contributed by atoms with Crippen molar-refractivity contribution in [2.75, 3.05) is 59.9 Å². The molecule has 3 aliphatic rings. The number of nitrogens with zero attached hydrogens (tertiary/aromatic N) is 3. The molecule has 21 heavy (non-hydrogen) atoms. The van der Waals surface area contributed by atoms with E-state index in [0.717, 1.165) is 51.7 Å². The van der Waals surface area contributed by atoms with Gasteiger partial charge in [0.2, 0.25) is 5.91 Å². The normalized spacial score (nSPS) is 33.7. The van der Waals surface area contributed by atoms with Crippen LogP contribution in [0.2, 0.25) is 0 Å². The average molecular weight is 294 g/mol. The minimum atomic E-state index is 0.117. The minimum Gasteiger partial charge on any atom is -0.339 e. The molecule has 0 aromatic heterocycles. The number of piperazine rings is 1. The van der Waals surface area contributed by atoms with Gasteiger partial charge < -0.3 is 15.1 Å². The highest BCUT2D eigenvalue weighted by atomic mass is 16.2. The maximum Gasteiger partial charge on any atom is 0.240 e. The fourth-order valence-corrected chi connectivity index (χ4v) is 4.19. The molecule has 0 aromatic carbocycles. The Hall–Kier alpha value is -0.650. The van der Waals surface area contributed by atoms with Crippen molar-refractivity contribution in [3.63, 3.8) is 0 Å². The first-order chi connectivity index (χ1) is 10.1. The van der Waals surface area contributed by atoms with E-state index in [1.54, 1.807) is 0 Å². The number of fused-ring (bicyclic) bond motifs is 1. The van der Waals surface area contributed by atoms with Gasteiger partial charge in [0.15, 0.2) is 0 Å². The van der Waals surface area contributed by atoms with Crippen molar-refractivity contribution in [3.8, 4) is 0 Å². The molecule has 0 bridgehead atoms. The SMILES string of the molecule is CN(C)CCN1CCN(C(=O)C2NCC3CCCC32)CC1. The molecule has 1 N–H and O–H groups in total. The van der Waals surface area contributed by atoms with E-state index in [2.05, 4.69) is 34.1 Å². The second-order valence-electron chi connectivity index (χ2n) is 7.21. The number of hydrogen-bond acceptors (Lipinski definition) is 4. The highest BCUT2D eigenvalue weighted by Crippen LogP contribution is 2.38. The van der Waals surface area contributed by atoms with E-state index in [-0.39, 0.29) is 6.04 Å². The largest absolute Gasteiger partial charge is 0.339 e. The molecule has 3 atom stereocenters. The third-order valence-electron chi connectivity index (χ3n) is 5.56. The van der Waals surface area contributed by atoms with Gasteiger partial charge in [-0.1, -0.05) is 6.42 Å². The van der Waals surface area contributed by atoms with Crippen LogP contribution in [0, 0.1) is 11.8 Å². The molecule has 2 aliphatic heterocycles. The molecule has 3 unspecified atom stereocenters. The molecular weight excluding hydrogens is 264 g/mol. The number of carbonyl (C=O) groups excluding carboxylic acids is 1. The van der Waals surface area contributed by atoms with E-state index in [4.69, 9.17) is 0 Å². The van der Waals surface area contributed by atoms with Gasteiger partial charge in [-0.2, -0.15) is 0 Å². The van der Waals surface area contributed by atoms with Gasteiger partial charge in [0.1, 0.15) is 0 Å². The molecule has 5 nitrogen and oxygen atoms in total. The lowest BCUT2D eigenvalue weighted by atomic mass is 9.93. The number of likely N-dealkylation sites (N-methyl/N-ethyl adjacent to an activating group) is 1. The topological polar surface area (TPSA) is 38.8 Å². The Morgan fingerprint density at radius 3 is 2.67 bits per heavy atom. The summed E-state index contributed by atoms with van der Waals surface area (Å²) in [4.78, 5) is 19.6. The number of amides is 1. The van der Waals surface area contributed by atoms with Crippen LogP contribution in [0.1, 0.15) is 19.3 Å². The first-order valence-electron chi connectivity index (χ1n) is 8.54. The Bertz CT molecular complexity index is 365. The Labute approximate surface area is 128 Å². The molecule has 0 aromatic rings. The Balaban J connectivity index is 1.47. The summed E-state index contributed by atoms with van der Waals surface area (Å²) in [6, 6.07) is 0.117. The van der Waals surface area contributed by atoms with Crippen LogP contribution in [0.4, 0.5) is 0 Å². The summed E-state index contributed by atoms with van der Waals surface area (Å²) in [5, 5.41) is 3.50. The lowest BCUT2D eigenvalue weighted by molar-refractivity contribution is -0.136. The van der Waals surface area contributed by atoms with Crippen molar-refractivity contribution in [2.24, 2.45) is 11.8 Å². The van der Waals surface area contributed by atoms with Gasteiger partial charge in [-0.25, -0.2) is 0 Å². The highest BCUT2D eigenvalue weighted by Gasteiger charge is 2.43.